The summed E-state index contributed by atoms with van der Waals surface area (Å²) in [5.41, 5.74) is 0. The van der Waals surface area contributed by atoms with Crippen molar-refractivity contribution in [3.05, 3.63) is 24.3 Å². The predicted octanol–water partition coefficient (Wildman–Crippen LogP) is 12.3. The van der Waals surface area contributed by atoms with E-state index in [0.29, 0.717) is 12.8 Å². The maximum absolute atomic E-state index is 12.9. The van der Waals surface area contributed by atoms with Crippen molar-refractivity contribution in [3.8, 4) is 0 Å². The van der Waals surface area contributed by atoms with Gasteiger partial charge >= 0.3 is 11.9 Å². The van der Waals surface area contributed by atoms with E-state index in [1.165, 1.54) is 141 Å². The van der Waals surface area contributed by atoms with Crippen LogP contribution in [0.2, 0.25) is 0 Å². The molecule has 0 bridgehead atoms. The van der Waals surface area contributed by atoms with E-state index < -0.39 is 71.2 Å². The number of hydrogen-bond donors (Lipinski definition) is 4. The third-order valence-corrected chi connectivity index (χ3v) is 13.3. The molecule has 0 aromatic heterocycles. The Bertz CT molecular complexity index is 1310. The zero-order chi connectivity index (χ0) is 48.4. The second-order valence-electron chi connectivity index (χ2n) is 18.9. The molecule has 1 aliphatic rings. The number of aliphatic hydroxyl groups is 3. The Hall–Kier alpha value is -1.87. The van der Waals surface area contributed by atoms with E-state index >= 15 is 0 Å². The van der Waals surface area contributed by atoms with Crippen LogP contribution in [0.1, 0.15) is 245 Å². The van der Waals surface area contributed by atoms with Crippen LogP contribution in [0, 0.1) is 0 Å². The van der Waals surface area contributed by atoms with Crippen LogP contribution in [0.3, 0.4) is 0 Å². The predicted molar refractivity (Wildman–Crippen MR) is 266 cm³/mol. The van der Waals surface area contributed by atoms with Crippen molar-refractivity contribution in [1.29, 1.82) is 0 Å². The van der Waals surface area contributed by atoms with Gasteiger partial charge in [0.2, 0.25) is 0 Å². The normalized spacial score (nSPS) is 19.5. The molecule has 1 heterocycles. The van der Waals surface area contributed by atoms with Gasteiger partial charge in [-0.3, -0.25) is 14.1 Å². The van der Waals surface area contributed by atoms with Gasteiger partial charge in [-0.25, -0.2) is 0 Å². The molecule has 0 amide bonds. The van der Waals surface area contributed by atoms with Crippen LogP contribution in [0.5, 0.6) is 0 Å². The average Bonchev–Trinajstić information content (AvgIpc) is 3.28. The molecule has 0 aromatic rings. The minimum atomic E-state index is -4.61. The topological polar surface area (TPSA) is 186 Å². The molecule has 6 atom stereocenters. The first kappa shape index (κ1) is 62.1. The molecule has 0 aromatic carbocycles. The van der Waals surface area contributed by atoms with Crippen molar-refractivity contribution in [3.63, 3.8) is 0 Å². The van der Waals surface area contributed by atoms with Gasteiger partial charge in [0.05, 0.1) is 6.61 Å². The number of carbonyl (C=O) groups is 2. The quantitative estimate of drug-likeness (QED) is 0.0196. The highest BCUT2D eigenvalue weighted by molar-refractivity contribution is 7.85. The van der Waals surface area contributed by atoms with Gasteiger partial charge in [-0.05, 0) is 44.9 Å². The lowest BCUT2D eigenvalue weighted by atomic mass is 10.00. The van der Waals surface area contributed by atoms with E-state index in [1.54, 1.807) is 0 Å². The summed E-state index contributed by atoms with van der Waals surface area (Å²) in [7, 11) is -4.61. The maximum atomic E-state index is 12.9. The van der Waals surface area contributed by atoms with Crippen LogP contribution >= 0.6 is 0 Å². The van der Waals surface area contributed by atoms with Gasteiger partial charge in [0.1, 0.15) is 36.8 Å². The first-order chi connectivity index (χ1) is 32.0. The standard InChI is InChI=1S/C53H98O12S/c1-3-5-7-9-11-13-15-17-19-21-22-23-24-25-26-28-29-31-33-35-37-39-41-48(54)62-43-46(44-63-53-52(58)51(57)50(56)47(65-53)45-66(59,60)61)64-49(55)42-40-38-36-34-32-30-27-20-18-16-14-12-10-8-6-4-2/h14,16,20,27,46-47,50-53,56-58H,3-13,15,17-19,21-26,28-45H2,1-2H3,(H,59,60,61)/b16-14-,27-20-. The Morgan fingerprint density at radius 1 is 0.515 bits per heavy atom. The fraction of sp³-hybridized carbons (Fsp3) is 0.887. The summed E-state index contributed by atoms with van der Waals surface area (Å²) < 4.78 is 54.3. The van der Waals surface area contributed by atoms with Crippen molar-refractivity contribution in [2.45, 2.75) is 282 Å². The molecular formula is C53H98O12S. The van der Waals surface area contributed by atoms with E-state index in [0.717, 1.165) is 64.2 Å². The molecule has 0 radical (unpaired) electrons. The molecule has 66 heavy (non-hydrogen) atoms. The number of esters is 2. The molecular weight excluding hydrogens is 861 g/mol. The van der Waals surface area contributed by atoms with Crippen LogP contribution in [0.4, 0.5) is 0 Å². The van der Waals surface area contributed by atoms with Crippen molar-refractivity contribution in [2.75, 3.05) is 19.0 Å². The molecule has 4 N–H and O–H groups in total. The van der Waals surface area contributed by atoms with E-state index in [9.17, 15) is 37.9 Å². The van der Waals surface area contributed by atoms with Crippen LogP contribution in [0.15, 0.2) is 24.3 Å². The van der Waals surface area contributed by atoms with Crippen molar-refractivity contribution < 1.29 is 56.8 Å². The van der Waals surface area contributed by atoms with Crippen LogP contribution in [-0.2, 0) is 38.7 Å². The number of allylic oxidation sites excluding steroid dienone is 4. The van der Waals surface area contributed by atoms with Crippen LogP contribution < -0.4 is 0 Å². The third-order valence-electron chi connectivity index (χ3n) is 12.5. The zero-order valence-electron chi connectivity index (χ0n) is 41.8. The van der Waals surface area contributed by atoms with Gasteiger partial charge in [-0.15, -0.1) is 0 Å². The summed E-state index contributed by atoms with van der Waals surface area (Å²) in [6.45, 7) is 3.77. The monoisotopic (exact) mass is 959 g/mol. The molecule has 0 aliphatic carbocycles. The molecule has 13 heteroatoms. The summed E-state index contributed by atoms with van der Waals surface area (Å²) in [4.78, 5) is 25.5. The Morgan fingerprint density at radius 2 is 0.909 bits per heavy atom. The van der Waals surface area contributed by atoms with Crippen molar-refractivity contribution >= 4 is 22.1 Å². The first-order valence-corrected chi connectivity index (χ1v) is 28.5. The minimum absolute atomic E-state index is 0.151. The Balaban J connectivity index is 2.33. The number of carbonyl (C=O) groups excluding carboxylic acids is 2. The molecule has 0 spiro atoms. The van der Waals surface area contributed by atoms with E-state index in [1.807, 2.05) is 0 Å². The third kappa shape index (κ3) is 37.1. The highest BCUT2D eigenvalue weighted by Gasteiger charge is 2.46. The summed E-state index contributed by atoms with van der Waals surface area (Å²) in [5, 5.41) is 31.0. The average molecular weight is 959 g/mol. The smallest absolute Gasteiger partial charge is 0.306 e. The van der Waals surface area contributed by atoms with Crippen LogP contribution in [0.25, 0.3) is 0 Å². The van der Waals surface area contributed by atoms with Gasteiger partial charge in [0.15, 0.2) is 12.4 Å². The Morgan fingerprint density at radius 3 is 1.35 bits per heavy atom. The zero-order valence-corrected chi connectivity index (χ0v) is 42.6. The molecule has 1 fully saturated rings. The number of rotatable bonds is 46. The van der Waals surface area contributed by atoms with Gasteiger partial charge in [-0.2, -0.15) is 8.42 Å². The lowest BCUT2D eigenvalue weighted by molar-refractivity contribution is -0.297. The SMILES string of the molecule is CCCCCC/C=C\C/C=C\CCCCCCCC(=O)OC(COC(=O)CCCCCCCCCCCCCCCCCCCCCCCC)COC1OC(CS(=O)(=O)O)C(O)C(O)C1O. The summed E-state index contributed by atoms with van der Waals surface area (Å²) in [6, 6.07) is 0. The molecule has 388 valence electrons. The minimum Gasteiger partial charge on any atom is -0.462 e. The molecule has 1 saturated heterocycles. The maximum Gasteiger partial charge on any atom is 0.306 e. The lowest BCUT2D eigenvalue weighted by Gasteiger charge is -2.40. The molecule has 0 saturated carbocycles. The molecule has 12 nitrogen and oxygen atoms in total. The van der Waals surface area contributed by atoms with Crippen LogP contribution in [-0.4, -0.2) is 96.0 Å². The van der Waals surface area contributed by atoms with Gasteiger partial charge in [-0.1, -0.05) is 212 Å². The number of unbranched alkanes of at least 4 members (excludes halogenated alkanes) is 30. The van der Waals surface area contributed by atoms with Gasteiger partial charge in [0, 0.05) is 12.8 Å². The van der Waals surface area contributed by atoms with E-state index in [2.05, 4.69) is 38.2 Å². The lowest BCUT2D eigenvalue weighted by Crippen LogP contribution is -2.60. The first-order valence-electron chi connectivity index (χ1n) is 26.9. The fourth-order valence-electron chi connectivity index (χ4n) is 8.36. The fourth-order valence-corrected chi connectivity index (χ4v) is 9.05. The second kappa shape index (κ2) is 43.2. The van der Waals surface area contributed by atoms with Crippen molar-refractivity contribution in [1.82, 2.24) is 0 Å². The van der Waals surface area contributed by atoms with E-state index in [4.69, 9.17) is 18.9 Å². The number of hydrogen-bond acceptors (Lipinski definition) is 11. The number of aliphatic hydroxyl groups excluding tert-OH is 3. The largest absolute Gasteiger partial charge is 0.462 e. The Kier molecular flexibility index (Phi) is 40.7. The summed E-state index contributed by atoms with van der Waals surface area (Å²) in [6.07, 6.45) is 40.8. The highest BCUT2D eigenvalue weighted by atomic mass is 32.2. The highest BCUT2D eigenvalue weighted by Crippen LogP contribution is 2.24. The Labute approximate surface area is 402 Å². The summed E-state index contributed by atoms with van der Waals surface area (Å²) >= 11 is 0. The second-order valence-corrected chi connectivity index (χ2v) is 20.4. The van der Waals surface area contributed by atoms with Gasteiger partial charge in [0.25, 0.3) is 10.1 Å². The molecule has 1 rings (SSSR count). The number of ether oxygens (including phenoxy) is 4. The molecule has 6 unspecified atom stereocenters. The van der Waals surface area contributed by atoms with E-state index in [-0.39, 0.29) is 19.4 Å². The molecule has 1 aliphatic heterocycles. The summed E-state index contributed by atoms with van der Waals surface area (Å²) in [5.74, 6) is -1.99. The van der Waals surface area contributed by atoms with Gasteiger partial charge < -0.3 is 34.3 Å². The van der Waals surface area contributed by atoms with Crippen molar-refractivity contribution in [2.24, 2.45) is 0 Å².